The first-order valence-corrected chi connectivity index (χ1v) is 9.19. The van der Waals surface area contributed by atoms with Gasteiger partial charge in [-0.1, -0.05) is 26.8 Å². The third-order valence-electron chi connectivity index (χ3n) is 4.40. The van der Waals surface area contributed by atoms with Crippen LogP contribution in [0.2, 0.25) is 0 Å². The second-order valence-electron chi connectivity index (χ2n) is 6.06. The molecule has 4 nitrogen and oxygen atoms in total. The van der Waals surface area contributed by atoms with Gasteiger partial charge in [-0.15, -0.1) is 0 Å². The van der Waals surface area contributed by atoms with Crippen molar-refractivity contribution in [1.82, 2.24) is 4.31 Å². The van der Waals surface area contributed by atoms with Crippen molar-refractivity contribution in [3.05, 3.63) is 29.3 Å². The minimum atomic E-state index is -3.41. The molecule has 1 atom stereocenters. The van der Waals surface area contributed by atoms with Crippen LogP contribution >= 0.6 is 0 Å². The first-order valence-electron chi connectivity index (χ1n) is 7.75. The van der Waals surface area contributed by atoms with Crippen molar-refractivity contribution >= 4 is 10.0 Å². The molecule has 21 heavy (non-hydrogen) atoms. The Morgan fingerprint density at radius 1 is 1.33 bits per heavy atom. The predicted molar refractivity (Wildman–Crippen MR) is 85.5 cm³/mol. The van der Waals surface area contributed by atoms with Crippen molar-refractivity contribution in [3.8, 4) is 0 Å². The van der Waals surface area contributed by atoms with E-state index in [1.807, 2.05) is 6.07 Å². The van der Waals surface area contributed by atoms with Gasteiger partial charge in [-0.25, -0.2) is 8.42 Å². The lowest BCUT2D eigenvalue weighted by molar-refractivity contribution is 0.315. The lowest BCUT2D eigenvalue weighted by atomic mass is 10.0. The molecule has 1 unspecified atom stereocenters. The van der Waals surface area contributed by atoms with Gasteiger partial charge in [-0.2, -0.15) is 4.31 Å². The molecule has 2 rings (SSSR count). The fourth-order valence-electron chi connectivity index (χ4n) is 3.16. The number of aryl methyl sites for hydroxylation is 1. The number of hydrogen-bond donors (Lipinski definition) is 1. The summed E-state index contributed by atoms with van der Waals surface area (Å²) in [5, 5.41) is 0. The summed E-state index contributed by atoms with van der Waals surface area (Å²) in [7, 11) is -3.41. The standard InChI is InChI=1S/C16H26N2O2S/c1-4-13-7-8-15(10-14(13)11-17)21(19,20)18-9-5-6-16(18)12(2)3/h7-8,10,12,16H,4-6,9,11,17H2,1-3H3. The van der Waals surface area contributed by atoms with E-state index in [1.165, 1.54) is 0 Å². The van der Waals surface area contributed by atoms with Gasteiger partial charge in [0.2, 0.25) is 10.0 Å². The Bertz CT molecular complexity index is 596. The minimum absolute atomic E-state index is 0.113. The topological polar surface area (TPSA) is 63.4 Å². The summed E-state index contributed by atoms with van der Waals surface area (Å²) in [6, 6.07) is 5.49. The van der Waals surface area contributed by atoms with E-state index >= 15 is 0 Å². The molecular weight excluding hydrogens is 284 g/mol. The first kappa shape index (κ1) is 16.5. The number of benzene rings is 1. The maximum atomic E-state index is 12.9. The molecule has 0 aliphatic carbocycles. The van der Waals surface area contributed by atoms with Crippen LogP contribution in [0.1, 0.15) is 44.7 Å². The van der Waals surface area contributed by atoms with Gasteiger partial charge in [0.25, 0.3) is 0 Å². The number of rotatable bonds is 5. The minimum Gasteiger partial charge on any atom is -0.326 e. The van der Waals surface area contributed by atoms with E-state index in [-0.39, 0.29) is 6.04 Å². The Kier molecular flexibility index (Phi) is 5.07. The Morgan fingerprint density at radius 3 is 2.62 bits per heavy atom. The van der Waals surface area contributed by atoms with Crippen LogP contribution in [0.5, 0.6) is 0 Å². The molecule has 1 aromatic carbocycles. The maximum Gasteiger partial charge on any atom is 0.243 e. The molecule has 1 heterocycles. The van der Waals surface area contributed by atoms with Crippen molar-refractivity contribution in [3.63, 3.8) is 0 Å². The SMILES string of the molecule is CCc1ccc(S(=O)(=O)N2CCCC2C(C)C)cc1CN. The zero-order valence-corrected chi connectivity index (χ0v) is 14.0. The smallest absolute Gasteiger partial charge is 0.243 e. The Morgan fingerprint density at radius 2 is 2.05 bits per heavy atom. The fourth-order valence-corrected chi connectivity index (χ4v) is 5.04. The van der Waals surface area contributed by atoms with Gasteiger partial charge in [-0.05, 0) is 48.4 Å². The summed E-state index contributed by atoms with van der Waals surface area (Å²) < 4.78 is 27.5. The van der Waals surface area contributed by atoms with E-state index in [2.05, 4.69) is 20.8 Å². The molecule has 0 radical (unpaired) electrons. The number of nitrogens with two attached hydrogens (primary N) is 1. The van der Waals surface area contributed by atoms with Crippen molar-refractivity contribution < 1.29 is 8.42 Å². The van der Waals surface area contributed by atoms with Crippen molar-refractivity contribution in [1.29, 1.82) is 0 Å². The molecule has 0 aromatic heterocycles. The Balaban J connectivity index is 2.40. The van der Waals surface area contributed by atoms with Crippen LogP contribution in [-0.4, -0.2) is 25.3 Å². The monoisotopic (exact) mass is 310 g/mol. The zero-order chi connectivity index (χ0) is 15.6. The highest BCUT2D eigenvalue weighted by molar-refractivity contribution is 7.89. The average molecular weight is 310 g/mol. The fraction of sp³-hybridized carbons (Fsp3) is 0.625. The third-order valence-corrected chi connectivity index (χ3v) is 6.32. The summed E-state index contributed by atoms with van der Waals surface area (Å²) >= 11 is 0. The van der Waals surface area contributed by atoms with E-state index in [0.29, 0.717) is 23.9 Å². The second-order valence-corrected chi connectivity index (χ2v) is 7.95. The molecule has 2 N–H and O–H groups in total. The third kappa shape index (κ3) is 3.15. The molecular formula is C16H26N2O2S. The van der Waals surface area contributed by atoms with E-state index in [0.717, 1.165) is 30.4 Å². The van der Waals surface area contributed by atoms with Crippen LogP contribution < -0.4 is 5.73 Å². The van der Waals surface area contributed by atoms with E-state index < -0.39 is 10.0 Å². The highest BCUT2D eigenvalue weighted by Crippen LogP contribution is 2.30. The van der Waals surface area contributed by atoms with Crippen molar-refractivity contribution in [2.45, 2.75) is 57.5 Å². The van der Waals surface area contributed by atoms with E-state index in [4.69, 9.17) is 5.73 Å². The van der Waals surface area contributed by atoms with Gasteiger partial charge in [0.05, 0.1) is 4.90 Å². The largest absolute Gasteiger partial charge is 0.326 e. The molecule has 1 fully saturated rings. The average Bonchev–Trinajstić information content (AvgIpc) is 2.96. The summed E-state index contributed by atoms with van der Waals surface area (Å²) in [6.07, 6.45) is 2.76. The van der Waals surface area contributed by atoms with Crippen molar-refractivity contribution in [2.24, 2.45) is 11.7 Å². The predicted octanol–water partition coefficient (Wildman–Crippen LogP) is 2.52. The van der Waals surface area contributed by atoms with Crippen LogP contribution in [0.15, 0.2) is 23.1 Å². The van der Waals surface area contributed by atoms with Crippen LogP contribution in [0.3, 0.4) is 0 Å². The van der Waals surface area contributed by atoms with E-state index in [1.54, 1.807) is 16.4 Å². The zero-order valence-electron chi connectivity index (χ0n) is 13.2. The molecule has 0 bridgehead atoms. The van der Waals surface area contributed by atoms with E-state index in [9.17, 15) is 8.42 Å². The summed E-state index contributed by atoms with van der Waals surface area (Å²) in [5.74, 6) is 0.339. The first-order chi connectivity index (χ1) is 9.91. The normalized spacial score (nSPS) is 20.3. The molecule has 0 amide bonds. The molecule has 1 aliphatic rings. The van der Waals surface area contributed by atoms with Gasteiger partial charge in [0.1, 0.15) is 0 Å². The molecule has 0 saturated carbocycles. The molecule has 5 heteroatoms. The van der Waals surface area contributed by atoms with Crippen molar-refractivity contribution in [2.75, 3.05) is 6.54 Å². The molecule has 1 saturated heterocycles. The summed E-state index contributed by atoms with van der Waals surface area (Å²) in [6.45, 7) is 7.23. The Hall–Kier alpha value is -0.910. The molecule has 1 aliphatic heterocycles. The summed E-state index contributed by atoms with van der Waals surface area (Å²) in [4.78, 5) is 0.382. The van der Waals surface area contributed by atoms with Gasteiger partial charge in [0.15, 0.2) is 0 Å². The number of nitrogens with zero attached hydrogens (tertiary/aromatic N) is 1. The highest BCUT2D eigenvalue weighted by atomic mass is 32.2. The van der Waals surface area contributed by atoms with Gasteiger partial charge in [0, 0.05) is 19.1 Å². The van der Waals surface area contributed by atoms with Crippen LogP contribution in [0.4, 0.5) is 0 Å². The van der Waals surface area contributed by atoms with Gasteiger partial charge >= 0.3 is 0 Å². The van der Waals surface area contributed by atoms with Crippen LogP contribution in [-0.2, 0) is 23.0 Å². The van der Waals surface area contributed by atoms with Gasteiger partial charge in [-0.3, -0.25) is 0 Å². The lowest BCUT2D eigenvalue weighted by Crippen LogP contribution is -2.38. The van der Waals surface area contributed by atoms with Gasteiger partial charge < -0.3 is 5.73 Å². The number of hydrogen-bond acceptors (Lipinski definition) is 3. The van der Waals surface area contributed by atoms with Crippen LogP contribution in [0, 0.1) is 5.92 Å². The quantitative estimate of drug-likeness (QED) is 0.909. The van der Waals surface area contributed by atoms with Crippen LogP contribution in [0.25, 0.3) is 0 Å². The summed E-state index contributed by atoms with van der Waals surface area (Å²) in [5.41, 5.74) is 7.81. The maximum absolute atomic E-state index is 12.9. The molecule has 118 valence electrons. The number of sulfonamides is 1. The molecule has 1 aromatic rings. The second kappa shape index (κ2) is 6.46. The lowest BCUT2D eigenvalue weighted by Gasteiger charge is -2.27. The highest BCUT2D eigenvalue weighted by Gasteiger charge is 2.36. The molecule has 0 spiro atoms. The Labute approximate surface area is 128 Å².